The third-order valence-electron chi connectivity index (χ3n) is 1.88. The number of nitrogen functional groups attached to an aromatic ring is 1. The lowest BCUT2D eigenvalue weighted by Gasteiger charge is -2.15. The van der Waals surface area contributed by atoms with Crippen LogP contribution in [0, 0.1) is 0 Å². The molecule has 0 atom stereocenters. The SMILES string of the molecule is Nc1nccc2c1C(=O)OCC2. The molecule has 1 aromatic heterocycles. The predicted octanol–water partition coefficient (Wildman–Crippen LogP) is 0.377. The van der Waals surface area contributed by atoms with Crippen molar-refractivity contribution in [3.63, 3.8) is 0 Å². The molecule has 0 aromatic carbocycles. The highest BCUT2D eigenvalue weighted by Crippen LogP contribution is 2.19. The van der Waals surface area contributed by atoms with Gasteiger partial charge in [-0.2, -0.15) is 0 Å². The molecule has 0 spiro atoms. The van der Waals surface area contributed by atoms with Gasteiger partial charge >= 0.3 is 5.97 Å². The standard InChI is InChI=1S/C8H8N2O2/c9-7-6-5(1-3-10-7)2-4-12-8(6)11/h1,3H,2,4H2,(H2,9,10). The lowest BCUT2D eigenvalue weighted by molar-refractivity contribution is 0.0481. The summed E-state index contributed by atoms with van der Waals surface area (Å²) in [5, 5.41) is 0. The molecule has 4 nitrogen and oxygen atoms in total. The van der Waals surface area contributed by atoms with Crippen molar-refractivity contribution in [2.24, 2.45) is 0 Å². The first-order valence-corrected chi connectivity index (χ1v) is 3.69. The zero-order valence-corrected chi connectivity index (χ0v) is 6.41. The van der Waals surface area contributed by atoms with Crippen LogP contribution in [0.3, 0.4) is 0 Å². The largest absolute Gasteiger partial charge is 0.462 e. The van der Waals surface area contributed by atoms with Gasteiger partial charge in [0.2, 0.25) is 0 Å². The Kier molecular flexibility index (Phi) is 1.46. The first kappa shape index (κ1) is 7.09. The fourth-order valence-electron chi connectivity index (χ4n) is 1.29. The highest BCUT2D eigenvalue weighted by atomic mass is 16.5. The number of fused-ring (bicyclic) bond motifs is 1. The molecule has 0 saturated carbocycles. The molecule has 1 aromatic rings. The number of carbonyl (C=O) groups is 1. The quantitative estimate of drug-likeness (QED) is 0.563. The van der Waals surface area contributed by atoms with Crippen LogP contribution in [0.25, 0.3) is 0 Å². The highest BCUT2D eigenvalue weighted by molar-refractivity contribution is 5.96. The number of nitrogens with zero attached hydrogens (tertiary/aromatic N) is 1. The summed E-state index contributed by atoms with van der Waals surface area (Å²) in [7, 11) is 0. The zero-order valence-electron chi connectivity index (χ0n) is 6.41. The molecule has 2 heterocycles. The van der Waals surface area contributed by atoms with Crippen LogP contribution in [0.4, 0.5) is 5.82 Å². The fraction of sp³-hybridized carbons (Fsp3) is 0.250. The molecule has 0 aliphatic carbocycles. The van der Waals surface area contributed by atoms with Crippen LogP contribution in [0.2, 0.25) is 0 Å². The predicted molar refractivity (Wildman–Crippen MR) is 42.6 cm³/mol. The Balaban J connectivity index is 2.60. The summed E-state index contributed by atoms with van der Waals surface area (Å²) in [5.74, 6) is -0.0981. The summed E-state index contributed by atoms with van der Waals surface area (Å²) in [4.78, 5) is 15.0. The molecule has 12 heavy (non-hydrogen) atoms. The second-order valence-electron chi connectivity index (χ2n) is 2.62. The van der Waals surface area contributed by atoms with Crippen LogP contribution < -0.4 is 5.73 Å². The average molecular weight is 164 g/mol. The first-order valence-electron chi connectivity index (χ1n) is 3.69. The number of pyridine rings is 1. The number of rotatable bonds is 0. The fourth-order valence-corrected chi connectivity index (χ4v) is 1.29. The molecule has 0 bridgehead atoms. The molecule has 0 fully saturated rings. The third kappa shape index (κ3) is 0.922. The Morgan fingerprint density at radius 1 is 1.58 bits per heavy atom. The molecule has 0 unspecified atom stereocenters. The van der Waals surface area contributed by atoms with Crippen molar-refractivity contribution in [1.82, 2.24) is 4.98 Å². The first-order chi connectivity index (χ1) is 5.79. The Hall–Kier alpha value is -1.58. The van der Waals surface area contributed by atoms with Gasteiger partial charge in [-0.25, -0.2) is 9.78 Å². The summed E-state index contributed by atoms with van der Waals surface area (Å²) in [6, 6.07) is 1.80. The maximum atomic E-state index is 11.2. The Labute approximate surface area is 69.4 Å². The number of hydrogen-bond acceptors (Lipinski definition) is 4. The molecular weight excluding hydrogens is 156 g/mol. The molecule has 4 heteroatoms. The van der Waals surface area contributed by atoms with Crippen LogP contribution in [0.5, 0.6) is 0 Å². The van der Waals surface area contributed by atoms with Gasteiger partial charge in [0.1, 0.15) is 11.4 Å². The average Bonchev–Trinajstić information content (AvgIpc) is 2.04. The molecule has 62 valence electrons. The van der Waals surface area contributed by atoms with Gasteiger partial charge in [-0.15, -0.1) is 0 Å². The smallest absolute Gasteiger partial charge is 0.342 e. The van der Waals surface area contributed by atoms with Crippen LogP contribution in [-0.4, -0.2) is 17.6 Å². The summed E-state index contributed by atoms with van der Waals surface area (Å²) >= 11 is 0. The van der Waals surface area contributed by atoms with Crippen molar-refractivity contribution in [2.45, 2.75) is 6.42 Å². The van der Waals surface area contributed by atoms with Crippen LogP contribution in [-0.2, 0) is 11.2 Å². The number of ether oxygens (including phenoxy) is 1. The second kappa shape index (κ2) is 2.48. The van der Waals surface area contributed by atoms with E-state index in [0.29, 0.717) is 12.2 Å². The lowest BCUT2D eigenvalue weighted by atomic mass is 10.1. The molecule has 0 radical (unpaired) electrons. The molecule has 1 aliphatic rings. The monoisotopic (exact) mass is 164 g/mol. The summed E-state index contributed by atoms with van der Waals surface area (Å²) < 4.78 is 4.83. The summed E-state index contributed by atoms with van der Waals surface area (Å²) in [5.41, 5.74) is 6.88. The van der Waals surface area contributed by atoms with Crippen molar-refractivity contribution < 1.29 is 9.53 Å². The number of cyclic esters (lactones) is 1. The normalized spacial score (nSPS) is 15.2. The van der Waals surface area contributed by atoms with E-state index in [1.54, 1.807) is 12.3 Å². The minimum absolute atomic E-state index is 0.261. The van der Waals surface area contributed by atoms with Crippen molar-refractivity contribution in [2.75, 3.05) is 12.3 Å². The molecule has 0 amide bonds. The van der Waals surface area contributed by atoms with E-state index in [4.69, 9.17) is 10.5 Å². The number of esters is 1. The number of aromatic nitrogens is 1. The van der Waals surface area contributed by atoms with Crippen molar-refractivity contribution in [3.8, 4) is 0 Å². The molecule has 1 aliphatic heterocycles. The Morgan fingerprint density at radius 3 is 3.17 bits per heavy atom. The Bertz CT molecular complexity index is 336. The molecule has 2 rings (SSSR count). The zero-order chi connectivity index (χ0) is 8.55. The van der Waals surface area contributed by atoms with Gasteiger partial charge in [0.15, 0.2) is 0 Å². The van der Waals surface area contributed by atoms with Gasteiger partial charge in [-0.3, -0.25) is 0 Å². The van der Waals surface area contributed by atoms with E-state index >= 15 is 0 Å². The van der Waals surface area contributed by atoms with Crippen LogP contribution in [0.1, 0.15) is 15.9 Å². The number of hydrogen-bond donors (Lipinski definition) is 1. The van der Waals surface area contributed by atoms with Gasteiger partial charge in [0, 0.05) is 12.6 Å². The van der Waals surface area contributed by atoms with Gasteiger partial charge < -0.3 is 10.5 Å². The number of nitrogens with two attached hydrogens (primary N) is 1. The van der Waals surface area contributed by atoms with Gasteiger partial charge in [0.25, 0.3) is 0 Å². The second-order valence-corrected chi connectivity index (χ2v) is 2.62. The number of anilines is 1. The topological polar surface area (TPSA) is 65.2 Å². The van der Waals surface area contributed by atoms with Crippen LogP contribution in [0.15, 0.2) is 12.3 Å². The van der Waals surface area contributed by atoms with Crippen molar-refractivity contribution >= 4 is 11.8 Å². The van der Waals surface area contributed by atoms with Crippen LogP contribution >= 0.6 is 0 Å². The maximum Gasteiger partial charge on any atom is 0.342 e. The maximum absolute atomic E-state index is 11.2. The Morgan fingerprint density at radius 2 is 2.42 bits per heavy atom. The molecular formula is C8H8N2O2. The van der Waals surface area contributed by atoms with Gasteiger partial charge in [0.05, 0.1) is 6.61 Å². The molecule has 2 N–H and O–H groups in total. The van der Waals surface area contributed by atoms with E-state index in [2.05, 4.69) is 4.98 Å². The minimum Gasteiger partial charge on any atom is -0.462 e. The van der Waals surface area contributed by atoms with E-state index in [-0.39, 0.29) is 11.8 Å². The summed E-state index contributed by atoms with van der Waals surface area (Å²) in [6.07, 6.45) is 2.33. The number of carbonyl (C=O) groups excluding carboxylic acids is 1. The van der Waals surface area contributed by atoms with E-state index in [1.807, 2.05) is 0 Å². The van der Waals surface area contributed by atoms with Gasteiger partial charge in [-0.05, 0) is 11.6 Å². The molecule has 0 saturated heterocycles. The van der Waals surface area contributed by atoms with E-state index in [1.165, 1.54) is 0 Å². The third-order valence-corrected chi connectivity index (χ3v) is 1.88. The van der Waals surface area contributed by atoms with Crippen molar-refractivity contribution in [3.05, 3.63) is 23.4 Å². The van der Waals surface area contributed by atoms with E-state index in [0.717, 1.165) is 12.0 Å². The summed E-state index contributed by atoms with van der Waals surface area (Å²) in [6.45, 7) is 0.440. The van der Waals surface area contributed by atoms with E-state index < -0.39 is 0 Å². The minimum atomic E-state index is -0.359. The van der Waals surface area contributed by atoms with E-state index in [9.17, 15) is 4.79 Å². The van der Waals surface area contributed by atoms with Gasteiger partial charge in [-0.1, -0.05) is 0 Å². The highest BCUT2D eigenvalue weighted by Gasteiger charge is 2.21. The lowest BCUT2D eigenvalue weighted by Crippen LogP contribution is -2.19. The van der Waals surface area contributed by atoms with Crippen molar-refractivity contribution in [1.29, 1.82) is 0 Å².